The molecule has 1 atom stereocenters. The number of rotatable bonds is 7. The summed E-state index contributed by atoms with van der Waals surface area (Å²) < 4.78 is 3.17. The van der Waals surface area contributed by atoms with Crippen molar-refractivity contribution in [2.75, 3.05) is 6.54 Å². The number of hydrogen-bond acceptors (Lipinski definition) is 6. The molecule has 0 bridgehead atoms. The van der Waals surface area contributed by atoms with Crippen LogP contribution in [0.2, 0.25) is 0 Å². The molecular formula is C14H16N8O. The van der Waals surface area contributed by atoms with Crippen LogP contribution < -0.4 is 5.32 Å². The quantitative estimate of drug-likeness (QED) is 0.619. The van der Waals surface area contributed by atoms with Gasteiger partial charge >= 0.3 is 0 Å². The normalized spacial score (nSPS) is 12.0. The predicted octanol–water partition coefficient (Wildman–Crippen LogP) is 0.0605. The molecule has 2 heterocycles. The van der Waals surface area contributed by atoms with Crippen LogP contribution in [0.4, 0.5) is 0 Å². The van der Waals surface area contributed by atoms with Crippen molar-refractivity contribution in [2.24, 2.45) is 0 Å². The Morgan fingerprint density at radius 2 is 2.04 bits per heavy atom. The third-order valence-electron chi connectivity index (χ3n) is 3.33. The monoisotopic (exact) mass is 312 g/mol. The zero-order valence-electron chi connectivity index (χ0n) is 12.4. The molecule has 3 rings (SSSR count). The third-order valence-corrected chi connectivity index (χ3v) is 3.33. The first-order valence-electron chi connectivity index (χ1n) is 7.24. The summed E-state index contributed by atoms with van der Waals surface area (Å²) in [6.07, 6.45) is 5.61. The van der Waals surface area contributed by atoms with Gasteiger partial charge in [-0.1, -0.05) is 35.5 Å². The first-order valence-corrected chi connectivity index (χ1v) is 7.24. The molecule has 1 amide bonds. The van der Waals surface area contributed by atoms with Crippen LogP contribution in [-0.2, 0) is 11.3 Å². The van der Waals surface area contributed by atoms with Gasteiger partial charge in [-0.25, -0.2) is 4.68 Å². The number of carbonyl (C=O) groups excluding carboxylic acids is 1. The lowest BCUT2D eigenvalue weighted by Crippen LogP contribution is -2.34. The molecule has 23 heavy (non-hydrogen) atoms. The number of nitrogens with one attached hydrogen (secondary N) is 1. The first-order chi connectivity index (χ1) is 11.3. The average Bonchev–Trinajstić information content (AvgIpc) is 3.27. The van der Waals surface area contributed by atoms with E-state index in [-0.39, 0.29) is 5.91 Å². The second-order valence-corrected chi connectivity index (χ2v) is 4.91. The maximum absolute atomic E-state index is 12.5. The number of benzene rings is 1. The van der Waals surface area contributed by atoms with E-state index in [9.17, 15) is 4.79 Å². The van der Waals surface area contributed by atoms with E-state index in [1.54, 1.807) is 17.1 Å². The summed E-state index contributed by atoms with van der Waals surface area (Å²) in [7, 11) is 0. The smallest absolute Gasteiger partial charge is 0.249 e. The second kappa shape index (κ2) is 7.25. The van der Waals surface area contributed by atoms with E-state index in [2.05, 4.69) is 31.2 Å². The van der Waals surface area contributed by atoms with E-state index in [0.717, 1.165) is 12.0 Å². The minimum atomic E-state index is -0.586. The number of amides is 1. The zero-order valence-corrected chi connectivity index (χ0v) is 12.4. The van der Waals surface area contributed by atoms with Crippen molar-refractivity contribution in [1.82, 2.24) is 40.5 Å². The van der Waals surface area contributed by atoms with Gasteiger partial charge in [0.2, 0.25) is 5.91 Å². The van der Waals surface area contributed by atoms with Gasteiger partial charge in [0.25, 0.3) is 0 Å². The summed E-state index contributed by atoms with van der Waals surface area (Å²) in [6, 6.07) is 8.83. The first kappa shape index (κ1) is 14.8. The van der Waals surface area contributed by atoms with E-state index < -0.39 is 6.04 Å². The maximum Gasteiger partial charge on any atom is 0.249 e. The lowest BCUT2D eigenvalue weighted by molar-refractivity contribution is -0.123. The van der Waals surface area contributed by atoms with Gasteiger partial charge in [0.15, 0.2) is 6.04 Å². The molecule has 0 saturated heterocycles. The number of aromatic nitrogens is 7. The summed E-state index contributed by atoms with van der Waals surface area (Å²) in [5, 5.41) is 21.6. The Kier molecular flexibility index (Phi) is 4.67. The SMILES string of the molecule is O=C(NCCCn1ccnn1)C(c1ccccc1)n1cnnn1. The topological polar surface area (TPSA) is 103 Å². The summed E-state index contributed by atoms with van der Waals surface area (Å²) in [5.41, 5.74) is 0.827. The van der Waals surface area contributed by atoms with Crippen LogP contribution in [0.1, 0.15) is 18.0 Å². The van der Waals surface area contributed by atoms with E-state index >= 15 is 0 Å². The van der Waals surface area contributed by atoms with Gasteiger partial charge in [-0.05, 0) is 22.4 Å². The molecule has 9 nitrogen and oxygen atoms in total. The Morgan fingerprint density at radius 1 is 1.17 bits per heavy atom. The number of tetrazole rings is 1. The third kappa shape index (κ3) is 3.76. The molecule has 1 aromatic carbocycles. The molecule has 3 aromatic rings. The lowest BCUT2D eigenvalue weighted by Gasteiger charge is -2.16. The molecule has 9 heteroatoms. The minimum Gasteiger partial charge on any atom is -0.354 e. The Morgan fingerprint density at radius 3 is 2.74 bits per heavy atom. The Hall–Kier alpha value is -3.10. The van der Waals surface area contributed by atoms with Gasteiger partial charge < -0.3 is 5.32 Å². The summed E-state index contributed by atoms with van der Waals surface area (Å²) in [6.45, 7) is 1.23. The Bertz CT molecular complexity index is 711. The van der Waals surface area contributed by atoms with E-state index in [1.165, 1.54) is 11.0 Å². The summed E-state index contributed by atoms with van der Waals surface area (Å²) in [4.78, 5) is 12.5. The van der Waals surface area contributed by atoms with Crippen molar-refractivity contribution in [3.63, 3.8) is 0 Å². The van der Waals surface area contributed by atoms with Crippen molar-refractivity contribution in [3.05, 3.63) is 54.6 Å². The van der Waals surface area contributed by atoms with E-state index in [4.69, 9.17) is 0 Å². The summed E-state index contributed by atoms with van der Waals surface area (Å²) in [5.74, 6) is -0.151. The molecule has 0 aliphatic rings. The van der Waals surface area contributed by atoms with E-state index in [1.807, 2.05) is 30.3 Å². The highest BCUT2D eigenvalue weighted by Crippen LogP contribution is 2.16. The highest BCUT2D eigenvalue weighted by atomic mass is 16.2. The van der Waals surface area contributed by atoms with Gasteiger partial charge in [-0.3, -0.25) is 9.48 Å². The van der Waals surface area contributed by atoms with Crippen LogP contribution >= 0.6 is 0 Å². The maximum atomic E-state index is 12.5. The van der Waals surface area contributed by atoms with Crippen molar-refractivity contribution in [2.45, 2.75) is 19.0 Å². The molecule has 1 unspecified atom stereocenters. The molecule has 0 aliphatic heterocycles. The fraction of sp³-hybridized carbons (Fsp3) is 0.286. The molecule has 1 N–H and O–H groups in total. The standard InChI is InChI=1S/C14H16N8O/c23-14(15-7-4-9-21-10-8-16-19-21)13(22-11-17-18-20-22)12-5-2-1-3-6-12/h1-3,5-6,8,10-11,13H,4,7,9H2,(H,15,23). The van der Waals surface area contributed by atoms with Crippen LogP contribution in [0.5, 0.6) is 0 Å². The zero-order chi connectivity index (χ0) is 15.9. The van der Waals surface area contributed by atoms with Gasteiger partial charge in [0, 0.05) is 19.3 Å². The molecule has 2 aromatic heterocycles. The van der Waals surface area contributed by atoms with Gasteiger partial charge in [0.05, 0.1) is 6.20 Å². The predicted molar refractivity (Wildman–Crippen MR) is 80.0 cm³/mol. The highest BCUT2D eigenvalue weighted by Gasteiger charge is 2.23. The van der Waals surface area contributed by atoms with Gasteiger partial charge in [0.1, 0.15) is 6.33 Å². The summed E-state index contributed by atoms with van der Waals surface area (Å²) >= 11 is 0. The number of carbonyl (C=O) groups is 1. The minimum absolute atomic E-state index is 0.151. The average molecular weight is 312 g/mol. The van der Waals surface area contributed by atoms with Crippen LogP contribution in [0.25, 0.3) is 0 Å². The number of hydrogen-bond donors (Lipinski definition) is 1. The van der Waals surface area contributed by atoms with Crippen molar-refractivity contribution in [1.29, 1.82) is 0 Å². The van der Waals surface area contributed by atoms with E-state index in [0.29, 0.717) is 13.1 Å². The molecule has 0 radical (unpaired) electrons. The van der Waals surface area contributed by atoms with Crippen LogP contribution in [0, 0.1) is 0 Å². The molecule has 118 valence electrons. The fourth-order valence-corrected chi connectivity index (χ4v) is 2.25. The van der Waals surface area contributed by atoms with Crippen molar-refractivity contribution < 1.29 is 4.79 Å². The molecule has 0 fully saturated rings. The molecule has 0 spiro atoms. The largest absolute Gasteiger partial charge is 0.354 e. The molecular weight excluding hydrogens is 296 g/mol. The van der Waals surface area contributed by atoms with Gasteiger partial charge in [-0.2, -0.15) is 0 Å². The lowest BCUT2D eigenvalue weighted by atomic mass is 10.1. The fourth-order valence-electron chi connectivity index (χ4n) is 2.25. The van der Waals surface area contributed by atoms with Crippen molar-refractivity contribution in [3.8, 4) is 0 Å². The number of aryl methyl sites for hydroxylation is 1. The van der Waals surface area contributed by atoms with Gasteiger partial charge in [-0.15, -0.1) is 10.2 Å². The second-order valence-electron chi connectivity index (χ2n) is 4.91. The van der Waals surface area contributed by atoms with Crippen LogP contribution in [0.3, 0.4) is 0 Å². The highest BCUT2D eigenvalue weighted by molar-refractivity contribution is 5.83. The van der Waals surface area contributed by atoms with Crippen LogP contribution in [-0.4, -0.2) is 47.7 Å². The Balaban J connectivity index is 1.62. The molecule has 0 aliphatic carbocycles. The van der Waals surface area contributed by atoms with Crippen LogP contribution in [0.15, 0.2) is 49.1 Å². The Labute approximate surface area is 132 Å². The number of nitrogens with zero attached hydrogens (tertiary/aromatic N) is 7. The molecule has 0 saturated carbocycles. The van der Waals surface area contributed by atoms with Crippen molar-refractivity contribution >= 4 is 5.91 Å².